The third-order valence-corrected chi connectivity index (χ3v) is 4.23. The molecule has 0 atom stereocenters. The molecular formula is C18H20ClN3O. The summed E-state index contributed by atoms with van der Waals surface area (Å²) in [6.07, 6.45) is 10.5. The van der Waals surface area contributed by atoms with Crippen LogP contribution in [0.1, 0.15) is 17.7 Å². The van der Waals surface area contributed by atoms with E-state index in [-0.39, 0.29) is 5.75 Å². The van der Waals surface area contributed by atoms with Crippen LogP contribution in [0, 0.1) is 0 Å². The monoisotopic (exact) mass is 329 g/mol. The van der Waals surface area contributed by atoms with Crippen LogP contribution >= 0.6 is 11.6 Å². The van der Waals surface area contributed by atoms with Gasteiger partial charge in [0, 0.05) is 42.4 Å². The lowest BCUT2D eigenvalue weighted by molar-refractivity contribution is 0.467. The summed E-state index contributed by atoms with van der Waals surface area (Å²) in [4.78, 5) is 4.06. The molecule has 5 heteroatoms. The second kappa shape index (κ2) is 7.38. The summed E-state index contributed by atoms with van der Waals surface area (Å²) in [5.41, 5.74) is 2.21. The quantitative estimate of drug-likeness (QED) is 0.714. The number of nitrogens with zero attached hydrogens (tertiary/aromatic N) is 3. The number of halogens is 1. The predicted molar refractivity (Wildman–Crippen MR) is 91.8 cm³/mol. The molecule has 3 rings (SSSR count). The molecule has 0 unspecified atom stereocenters. The summed E-state index contributed by atoms with van der Waals surface area (Å²) < 4.78 is 4.37. The molecule has 0 spiro atoms. The zero-order chi connectivity index (χ0) is 16.1. The van der Waals surface area contributed by atoms with Gasteiger partial charge in [-0.2, -0.15) is 0 Å². The summed E-state index contributed by atoms with van der Waals surface area (Å²) in [6.45, 7) is 1.95. The van der Waals surface area contributed by atoms with Crippen molar-refractivity contribution in [1.82, 2.24) is 14.1 Å². The Morgan fingerprint density at radius 1 is 1.09 bits per heavy atom. The van der Waals surface area contributed by atoms with Gasteiger partial charge in [-0.1, -0.05) is 17.7 Å². The van der Waals surface area contributed by atoms with Gasteiger partial charge < -0.3 is 14.2 Å². The van der Waals surface area contributed by atoms with Crippen LogP contribution in [-0.2, 0) is 25.9 Å². The van der Waals surface area contributed by atoms with Gasteiger partial charge in [0.2, 0.25) is 0 Å². The average Bonchev–Trinajstić information content (AvgIpc) is 3.18. The smallest absolute Gasteiger partial charge is 0.120 e. The lowest BCUT2D eigenvalue weighted by Crippen LogP contribution is -2.06. The summed E-state index contributed by atoms with van der Waals surface area (Å²) in [7, 11) is 0. The molecule has 2 heterocycles. The molecule has 0 aliphatic carbocycles. The molecule has 4 nitrogen and oxygen atoms in total. The minimum atomic E-state index is 0.274. The van der Waals surface area contributed by atoms with Gasteiger partial charge in [-0.25, -0.2) is 4.98 Å². The lowest BCUT2D eigenvalue weighted by atomic mass is 10.1. The molecule has 120 valence electrons. The van der Waals surface area contributed by atoms with Crippen LogP contribution in [0.3, 0.4) is 0 Å². The Morgan fingerprint density at radius 3 is 2.78 bits per heavy atom. The molecular weight excluding hydrogens is 310 g/mol. The van der Waals surface area contributed by atoms with Crippen molar-refractivity contribution in [2.75, 3.05) is 0 Å². The highest BCUT2D eigenvalue weighted by Gasteiger charge is 2.05. The predicted octanol–water partition coefficient (Wildman–Crippen LogP) is 3.92. The second-order valence-corrected chi connectivity index (χ2v) is 6.06. The Morgan fingerprint density at radius 2 is 2.00 bits per heavy atom. The normalized spacial score (nSPS) is 11.0. The molecule has 3 aromatic rings. The lowest BCUT2D eigenvalue weighted by Gasteiger charge is -2.10. The van der Waals surface area contributed by atoms with E-state index in [1.807, 2.05) is 24.7 Å². The van der Waals surface area contributed by atoms with Crippen molar-refractivity contribution < 1.29 is 5.11 Å². The van der Waals surface area contributed by atoms with Crippen molar-refractivity contribution in [2.45, 2.75) is 32.4 Å². The molecule has 0 bridgehead atoms. The van der Waals surface area contributed by atoms with Crippen LogP contribution in [-0.4, -0.2) is 19.2 Å². The summed E-state index contributed by atoms with van der Waals surface area (Å²) in [6, 6.07) is 9.53. The number of rotatable bonds is 7. The number of aromatic hydroxyl groups is 1. The van der Waals surface area contributed by atoms with Crippen molar-refractivity contribution in [1.29, 1.82) is 0 Å². The number of imidazole rings is 1. The summed E-state index contributed by atoms with van der Waals surface area (Å²) in [5, 5.41) is 10.5. The van der Waals surface area contributed by atoms with Crippen molar-refractivity contribution in [3.8, 4) is 5.75 Å². The maximum absolute atomic E-state index is 9.94. The van der Waals surface area contributed by atoms with Gasteiger partial charge >= 0.3 is 0 Å². The van der Waals surface area contributed by atoms with Gasteiger partial charge in [-0.15, -0.1) is 0 Å². The standard InChI is InChI=1S/C18H20ClN3O/c19-16-6-4-15(18(23)13-16)5-7-17-3-1-10-22(17)11-2-9-21-12-8-20-14-21/h1,3-4,6,8,10,12-14,23H,2,5,7,9,11H2. The van der Waals surface area contributed by atoms with Crippen molar-refractivity contribution in [2.24, 2.45) is 0 Å². The van der Waals surface area contributed by atoms with E-state index in [2.05, 4.69) is 32.4 Å². The van der Waals surface area contributed by atoms with Crippen LogP contribution in [0.25, 0.3) is 0 Å². The summed E-state index contributed by atoms with van der Waals surface area (Å²) in [5.74, 6) is 0.274. The highest BCUT2D eigenvalue weighted by Crippen LogP contribution is 2.23. The van der Waals surface area contributed by atoms with E-state index in [0.717, 1.165) is 37.9 Å². The van der Waals surface area contributed by atoms with E-state index in [4.69, 9.17) is 11.6 Å². The molecule has 0 fully saturated rings. The molecule has 0 saturated carbocycles. The van der Waals surface area contributed by atoms with E-state index in [0.29, 0.717) is 5.02 Å². The largest absolute Gasteiger partial charge is 0.508 e. The molecule has 1 aromatic carbocycles. The average molecular weight is 330 g/mol. The number of benzene rings is 1. The molecule has 0 radical (unpaired) electrons. The maximum atomic E-state index is 9.94. The van der Waals surface area contributed by atoms with Crippen LogP contribution in [0.15, 0.2) is 55.2 Å². The fraction of sp³-hybridized carbons (Fsp3) is 0.278. The zero-order valence-electron chi connectivity index (χ0n) is 12.9. The number of phenolic OH excluding ortho intramolecular Hbond substituents is 1. The van der Waals surface area contributed by atoms with Crippen LogP contribution < -0.4 is 0 Å². The van der Waals surface area contributed by atoms with Gasteiger partial charge in [-0.05, 0) is 49.1 Å². The number of phenols is 1. The molecule has 0 aliphatic heterocycles. The second-order valence-electron chi connectivity index (χ2n) is 5.62. The maximum Gasteiger partial charge on any atom is 0.120 e. The van der Waals surface area contributed by atoms with E-state index < -0.39 is 0 Å². The zero-order valence-corrected chi connectivity index (χ0v) is 13.7. The number of aromatic nitrogens is 3. The molecule has 0 amide bonds. The van der Waals surface area contributed by atoms with Crippen molar-refractivity contribution >= 4 is 11.6 Å². The Balaban J connectivity index is 1.55. The first kappa shape index (κ1) is 15.7. The third kappa shape index (κ3) is 4.17. The van der Waals surface area contributed by atoms with E-state index in [1.54, 1.807) is 12.3 Å². The Kier molecular flexibility index (Phi) is 5.03. The van der Waals surface area contributed by atoms with Crippen LogP contribution in [0.5, 0.6) is 5.75 Å². The molecule has 0 saturated heterocycles. The van der Waals surface area contributed by atoms with E-state index >= 15 is 0 Å². The molecule has 23 heavy (non-hydrogen) atoms. The van der Waals surface area contributed by atoms with E-state index in [9.17, 15) is 5.11 Å². The van der Waals surface area contributed by atoms with Gasteiger partial charge in [0.25, 0.3) is 0 Å². The SMILES string of the molecule is Oc1cc(Cl)ccc1CCc1cccn1CCCn1ccnc1. The highest BCUT2D eigenvalue weighted by molar-refractivity contribution is 6.30. The first-order valence-electron chi connectivity index (χ1n) is 7.79. The fourth-order valence-corrected chi connectivity index (χ4v) is 2.91. The van der Waals surface area contributed by atoms with Crippen molar-refractivity contribution in [3.63, 3.8) is 0 Å². The first-order valence-corrected chi connectivity index (χ1v) is 8.17. The molecule has 0 aliphatic rings. The molecule has 1 N–H and O–H groups in total. The number of aryl methyl sites for hydroxylation is 4. The Labute approximate surface area is 141 Å². The van der Waals surface area contributed by atoms with Crippen molar-refractivity contribution in [3.05, 3.63) is 71.5 Å². The fourth-order valence-electron chi connectivity index (χ4n) is 2.75. The minimum absolute atomic E-state index is 0.274. The number of hydrogen-bond acceptors (Lipinski definition) is 2. The van der Waals surface area contributed by atoms with Gasteiger partial charge in [0.1, 0.15) is 5.75 Å². The number of hydrogen-bond donors (Lipinski definition) is 1. The first-order chi connectivity index (χ1) is 11.2. The van der Waals surface area contributed by atoms with Gasteiger partial charge in [-0.3, -0.25) is 0 Å². The van der Waals surface area contributed by atoms with Crippen LogP contribution in [0.2, 0.25) is 5.02 Å². The van der Waals surface area contributed by atoms with E-state index in [1.165, 1.54) is 5.69 Å². The minimum Gasteiger partial charge on any atom is -0.508 e. The Bertz CT molecular complexity index is 749. The Hall–Kier alpha value is -2.20. The molecule has 2 aromatic heterocycles. The topological polar surface area (TPSA) is 43.0 Å². The summed E-state index contributed by atoms with van der Waals surface area (Å²) >= 11 is 5.87. The third-order valence-electron chi connectivity index (χ3n) is 4.00. The van der Waals surface area contributed by atoms with Gasteiger partial charge in [0.05, 0.1) is 6.33 Å². The van der Waals surface area contributed by atoms with Gasteiger partial charge in [0.15, 0.2) is 0 Å². The highest BCUT2D eigenvalue weighted by atomic mass is 35.5. The van der Waals surface area contributed by atoms with Crippen LogP contribution in [0.4, 0.5) is 0 Å².